The second-order valence-corrected chi connectivity index (χ2v) is 7.66. The molecule has 1 aliphatic rings. The minimum atomic E-state index is 0.289. The zero-order chi connectivity index (χ0) is 16.8. The summed E-state index contributed by atoms with van der Waals surface area (Å²) in [6, 6.07) is 11.1. The van der Waals surface area contributed by atoms with Gasteiger partial charge in [-0.15, -0.1) is 11.3 Å². The SMILES string of the molecule is CN(CCCO)C1CCN(Cc2ncc(-c3ccccc3)s2)CC1. The summed E-state index contributed by atoms with van der Waals surface area (Å²) in [5, 5.41) is 10.2. The fraction of sp³-hybridized carbons (Fsp3) is 0.526. The molecule has 1 N–H and O–H groups in total. The average Bonchev–Trinajstić information content (AvgIpc) is 3.09. The lowest BCUT2D eigenvalue weighted by Crippen LogP contribution is -2.43. The Morgan fingerprint density at radius 2 is 2.00 bits per heavy atom. The molecule has 24 heavy (non-hydrogen) atoms. The fourth-order valence-corrected chi connectivity index (χ4v) is 4.30. The number of thiazole rings is 1. The Morgan fingerprint density at radius 1 is 1.25 bits per heavy atom. The van der Waals surface area contributed by atoms with Crippen LogP contribution in [0.3, 0.4) is 0 Å². The maximum Gasteiger partial charge on any atom is 0.107 e. The number of aliphatic hydroxyl groups excluding tert-OH is 1. The van der Waals surface area contributed by atoms with Crippen molar-refractivity contribution < 1.29 is 5.11 Å². The van der Waals surface area contributed by atoms with Crippen LogP contribution in [0.2, 0.25) is 0 Å². The lowest BCUT2D eigenvalue weighted by molar-refractivity contribution is 0.117. The first-order chi connectivity index (χ1) is 11.8. The summed E-state index contributed by atoms with van der Waals surface area (Å²) in [6.45, 7) is 4.51. The predicted octanol–water partition coefficient (Wildman–Crippen LogP) is 3.09. The number of hydrogen-bond acceptors (Lipinski definition) is 5. The summed E-state index contributed by atoms with van der Waals surface area (Å²) in [4.78, 5) is 10.8. The molecule has 1 fully saturated rings. The molecular formula is C19H27N3OS. The fourth-order valence-electron chi connectivity index (χ4n) is 3.33. The van der Waals surface area contributed by atoms with E-state index in [4.69, 9.17) is 5.11 Å². The third-order valence-electron chi connectivity index (χ3n) is 4.82. The smallest absolute Gasteiger partial charge is 0.107 e. The van der Waals surface area contributed by atoms with Gasteiger partial charge in [-0.25, -0.2) is 4.98 Å². The van der Waals surface area contributed by atoms with Crippen LogP contribution in [-0.2, 0) is 6.54 Å². The highest BCUT2D eigenvalue weighted by atomic mass is 32.1. The summed E-state index contributed by atoms with van der Waals surface area (Å²) in [7, 11) is 2.18. The first kappa shape index (κ1) is 17.5. The third-order valence-corrected chi connectivity index (χ3v) is 5.85. The molecule has 0 bridgehead atoms. The number of rotatable bonds is 7. The zero-order valence-electron chi connectivity index (χ0n) is 14.4. The van der Waals surface area contributed by atoms with Crippen molar-refractivity contribution in [2.45, 2.75) is 31.8 Å². The Hall–Kier alpha value is -1.27. The monoisotopic (exact) mass is 345 g/mol. The molecule has 5 heteroatoms. The maximum absolute atomic E-state index is 8.96. The molecular weight excluding hydrogens is 318 g/mol. The van der Waals surface area contributed by atoms with Gasteiger partial charge in [0.25, 0.3) is 0 Å². The van der Waals surface area contributed by atoms with E-state index in [2.05, 4.69) is 46.1 Å². The van der Waals surface area contributed by atoms with Gasteiger partial charge in [0.15, 0.2) is 0 Å². The van der Waals surface area contributed by atoms with E-state index in [1.54, 1.807) is 11.3 Å². The van der Waals surface area contributed by atoms with Gasteiger partial charge in [-0.1, -0.05) is 30.3 Å². The van der Waals surface area contributed by atoms with Crippen molar-refractivity contribution in [3.63, 3.8) is 0 Å². The highest BCUT2D eigenvalue weighted by Gasteiger charge is 2.22. The molecule has 0 amide bonds. The Bertz CT molecular complexity index is 608. The van der Waals surface area contributed by atoms with E-state index in [0.29, 0.717) is 6.04 Å². The van der Waals surface area contributed by atoms with E-state index >= 15 is 0 Å². The first-order valence-electron chi connectivity index (χ1n) is 8.80. The molecule has 0 radical (unpaired) electrons. The highest BCUT2D eigenvalue weighted by molar-refractivity contribution is 7.15. The Morgan fingerprint density at radius 3 is 2.71 bits per heavy atom. The topological polar surface area (TPSA) is 39.6 Å². The Kier molecular flexibility index (Phi) is 6.37. The van der Waals surface area contributed by atoms with Gasteiger partial charge in [0.1, 0.15) is 5.01 Å². The van der Waals surface area contributed by atoms with Crippen LogP contribution in [0.5, 0.6) is 0 Å². The molecule has 4 nitrogen and oxygen atoms in total. The largest absolute Gasteiger partial charge is 0.396 e. The molecule has 0 atom stereocenters. The molecule has 2 aromatic rings. The number of aromatic nitrogens is 1. The number of likely N-dealkylation sites (tertiary alicyclic amines) is 1. The summed E-state index contributed by atoms with van der Waals surface area (Å²) < 4.78 is 0. The van der Waals surface area contributed by atoms with Crippen LogP contribution in [0.15, 0.2) is 36.5 Å². The van der Waals surface area contributed by atoms with Crippen molar-refractivity contribution in [2.75, 3.05) is 33.3 Å². The molecule has 1 saturated heterocycles. The molecule has 0 unspecified atom stereocenters. The van der Waals surface area contributed by atoms with Crippen LogP contribution in [0.1, 0.15) is 24.3 Å². The van der Waals surface area contributed by atoms with E-state index in [9.17, 15) is 0 Å². The average molecular weight is 346 g/mol. The van der Waals surface area contributed by atoms with Crippen molar-refractivity contribution in [3.05, 3.63) is 41.5 Å². The molecule has 2 heterocycles. The van der Waals surface area contributed by atoms with E-state index in [-0.39, 0.29) is 6.61 Å². The van der Waals surface area contributed by atoms with Crippen molar-refractivity contribution in [1.29, 1.82) is 0 Å². The molecule has 130 valence electrons. The highest BCUT2D eigenvalue weighted by Crippen LogP contribution is 2.27. The predicted molar refractivity (Wildman–Crippen MR) is 100 cm³/mol. The van der Waals surface area contributed by atoms with Gasteiger partial charge in [0.05, 0.1) is 11.4 Å². The van der Waals surface area contributed by atoms with Crippen LogP contribution < -0.4 is 0 Å². The summed E-state index contributed by atoms with van der Waals surface area (Å²) >= 11 is 1.81. The van der Waals surface area contributed by atoms with E-state index < -0.39 is 0 Å². The van der Waals surface area contributed by atoms with Crippen molar-refractivity contribution >= 4 is 11.3 Å². The lowest BCUT2D eigenvalue weighted by atomic mass is 10.0. The van der Waals surface area contributed by atoms with Crippen molar-refractivity contribution in [3.8, 4) is 10.4 Å². The van der Waals surface area contributed by atoms with E-state index in [1.165, 1.54) is 28.3 Å². The Labute approximate surface area is 148 Å². The van der Waals surface area contributed by atoms with E-state index in [1.807, 2.05) is 12.3 Å². The first-order valence-corrected chi connectivity index (χ1v) is 9.61. The van der Waals surface area contributed by atoms with Gasteiger partial charge < -0.3 is 10.0 Å². The van der Waals surface area contributed by atoms with Crippen molar-refractivity contribution in [1.82, 2.24) is 14.8 Å². The van der Waals surface area contributed by atoms with Gasteiger partial charge in [0.2, 0.25) is 0 Å². The third kappa shape index (κ3) is 4.63. The summed E-state index contributed by atoms with van der Waals surface area (Å²) in [6.07, 6.45) is 5.29. The second-order valence-electron chi connectivity index (χ2n) is 6.55. The number of nitrogens with zero attached hydrogens (tertiary/aromatic N) is 3. The van der Waals surface area contributed by atoms with Crippen LogP contribution in [0.4, 0.5) is 0 Å². The van der Waals surface area contributed by atoms with Gasteiger partial charge >= 0.3 is 0 Å². The quantitative estimate of drug-likeness (QED) is 0.837. The van der Waals surface area contributed by atoms with Gasteiger partial charge in [-0.3, -0.25) is 4.90 Å². The van der Waals surface area contributed by atoms with Gasteiger partial charge in [-0.2, -0.15) is 0 Å². The number of hydrogen-bond donors (Lipinski definition) is 1. The van der Waals surface area contributed by atoms with Crippen LogP contribution in [0, 0.1) is 0 Å². The standard InChI is InChI=1S/C19H27N3OS/c1-21(10-5-13-23)17-8-11-22(12-9-17)15-19-20-14-18(24-19)16-6-3-2-4-7-16/h2-4,6-7,14,17,23H,5,8-13,15H2,1H3. The van der Waals surface area contributed by atoms with Crippen LogP contribution >= 0.6 is 11.3 Å². The summed E-state index contributed by atoms with van der Waals surface area (Å²) in [5.74, 6) is 0. The Balaban J connectivity index is 1.49. The molecule has 3 rings (SSSR count). The second kappa shape index (κ2) is 8.72. The molecule has 1 aromatic carbocycles. The summed E-state index contributed by atoms with van der Waals surface area (Å²) in [5.41, 5.74) is 1.26. The minimum absolute atomic E-state index is 0.289. The van der Waals surface area contributed by atoms with Crippen LogP contribution in [-0.4, -0.2) is 59.2 Å². The normalized spacial score (nSPS) is 16.8. The molecule has 0 aliphatic carbocycles. The molecule has 0 spiro atoms. The van der Waals surface area contributed by atoms with E-state index in [0.717, 1.165) is 32.6 Å². The molecule has 1 aromatic heterocycles. The molecule has 1 aliphatic heterocycles. The zero-order valence-corrected chi connectivity index (χ0v) is 15.2. The minimum Gasteiger partial charge on any atom is -0.396 e. The van der Waals surface area contributed by atoms with Gasteiger partial charge in [0, 0.05) is 38.5 Å². The molecule has 0 saturated carbocycles. The lowest BCUT2D eigenvalue weighted by Gasteiger charge is -2.36. The maximum atomic E-state index is 8.96. The van der Waals surface area contributed by atoms with Gasteiger partial charge in [-0.05, 0) is 31.9 Å². The number of benzene rings is 1. The van der Waals surface area contributed by atoms with Crippen molar-refractivity contribution in [2.24, 2.45) is 0 Å². The van der Waals surface area contributed by atoms with Crippen LogP contribution in [0.25, 0.3) is 10.4 Å². The number of aliphatic hydroxyl groups is 1. The number of piperidine rings is 1.